The first kappa shape index (κ1) is 12.4. The third-order valence-electron chi connectivity index (χ3n) is 3.34. The lowest BCUT2D eigenvalue weighted by atomic mass is 10.1. The zero-order valence-electron chi connectivity index (χ0n) is 11.3. The van der Waals surface area contributed by atoms with Gasteiger partial charge >= 0.3 is 0 Å². The van der Waals surface area contributed by atoms with E-state index < -0.39 is 0 Å². The van der Waals surface area contributed by atoms with Crippen molar-refractivity contribution in [3.05, 3.63) is 66.1 Å². The van der Waals surface area contributed by atoms with Crippen LogP contribution in [0.15, 0.2) is 55.0 Å². The van der Waals surface area contributed by atoms with Crippen LogP contribution in [0, 0.1) is 6.92 Å². The summed E-state index contributed by atoms with van der Waals surface area (Å²) >= 11 is 0. The minimum Gasteiger partial charge on any atom is -0.396 e. The normalized spacial score (nSPS) is 10.7. The van der Waals surface area contributed by atoms with E-state index in [1.807, 2.05) is 35.1 Å². The molecule has 4 nitrogen and oxygen atoms in total. The Morgan fingerprint density at radius 2 is 1.85 bits per heavy atom. The number of aryl methyl sites for hydroxylation is 1. The molecule has 100 valence electrons. The van der Waals surface area contributed by atoms with Crippen molar-refractivity contribution in [2.24, 2.45) is 0 Å². The molecule has 0 radical (unpaired) electrons. The number of nitrogens with two attached hydrogens (primary N) is 1. The molecule has 0 saturated carbocycles. The van der Waals surface area contributed by atoms with Crippen LogP contribution < -0.4 is 5.73 Å². The Morgan fingerprint density at radius 1 is 1.10 bits per heavy atom. The van der Waals surface area contributed by atoms with Gasteiger partial charge in [-0.1, -0.05) is 24.3 Å². The van der Waals surface area contributed by atoms with Crippen molar-refractivity contribution in [1.29, 1.82) is 0 Å². The highest BCUT2D eigenvalue weighted by Crippen LogP contribution is 2.23. The van der Waals surface area contributed by atoms with Crippen molar-refractivity contribution in [1.82, 2.24) is 14.8 Å². The number of rotatable bonds is 3. The van der Waals surface area contributed by atoms with Crippen LogP contribution >= 0.6 is 0 Å². The molecule has 0 atom stereocenters. The SMILES string of the molecule is Cc1ccccc1Cn1cc(N)c(-c2ccncc2)n1. The minimum atomic E-state index is 0.685. The summed E-state index contributed by atoms with van der Waals surface area (Å²) in [5.41, 5.74) is 11.0. The van der Waals surface area contributed by atoms with Crippen LogP contribution in [-0.4, -0.2) is 14.8 Å². The van der Waals surface area contributed by atoms with Gasteiger partial charge in [0, 0.05) is 24.2 Å². The summed E-state index contributed by atoms with van der Waals surface area (Å²) in [6.45, 7) is 2.83. The Morgan fingerprint density at radius 3 is 2.60 bits per heavy atom. The van der Waals surface area contributed by atoms with Gasteiger partial charge in [-0.25, -0.2) is 0 Å². The van der Waals surface area contributed by atoms with Crippen LogP contribution in [0.4, 0.5) is 5.69 Å². The van der Waals surface area contributed by atoms with Gasteiger partial charge in [-0.15, -0.1) is 0 Å². The Kier molecular flexibility index (Phi) is 3.21. The van der Waals surface area contributed by atoms with Gasteiger partial charge in [0.1, 0.15) is 5.69 Å². The maximum absolute atomic E-state index is 6.06. The number of hydrogen-bond acceptors (Lipinski definition) is 3. The molecule has 1 aromatic carbocycles. The van der Waals surface area contributed by atoms with Crippen LogP contribution in [0.25, 0.3) is 11.3 Å². The maximum Gasteiger partial charge on any atom is 0.115 e. The van der Waals surface area contributed by atoms with E-state index in [1.54, 1.807) is 12.4 Å². The number of nitrogens with zero attached hydrogens (tertiary/aromatic N) is 3. The average Bonchev–Trinajstić information content (AvgIpc) is 2.83. The third-order valence-corrected chi connectivity index (χ3v) is 3.34. The number of anilines is 1. The second kappa shape index (κ2) is 5.17. The summed E-state index contributed by atoms with van der Waals surface area (Å²) in [5.74, 6) is 0. The average molecular weight is 264 g/mol. The first-order valence-electron chi connectivity index (χ1n) is 6.52. The number of hydrogen-bond donors (Lipinski definition) is 1. The van der Waals surface area contributed by atoms with E-state index in [9.17, 15) is 0 Å². The topological polar surface area (TPSA) is 56.7 Å². The van der Waals surface area contributed by atoms with E-state index in [2.05, 4.69) is 29.1 Å². The monoisotopic (exact) mass is 264 g/mol. The summed E-state index contributed by atoms with van der Waals surface area (Å²) in [7, 11) is 0. The molecule has 2 aromatic heterocycles. The van der Waals surface area contributed by atoms with Gasteiger partial charge in [-0.05, 0) is 30.2 Å². The van der Waals surface area contributed by atoms with E-state index in [0.717, 1.165) is 17.8 Å². The zero-order valence-corrected chi connectivity index (χ0v) is 11.3. The van der Waals surface area contributed by atoms with Gasteiger partial charge in [0.2, 0.25) is 0 Å². The molecule has 0 spiro atoms. The largest absolute Gasteiger partial charge is 0.396 e. The molecule has 20 heavy (non-hydrogen) atoms. The zero-order chi connectivity index (χ0) is 13.9. The molecule has 0 aliphatic heterocycles. The van der Waals surface area contributed by atoms with Gasteiger partial charge in [0.15, 0.2) is 0 Å². The summed E-state index contributed by atoms with van der Waals surface area (Å²) in [6.07, 6.45) is 5.37. The molecule has 0 amide bonds. The summed E-state index contributed by atoms with van der Waals surface area (Å²) in [6, 6.07) is 12.1. The lowest BCUT2D eigenvalue weighted by Crippen LogP contribution is -2.02. The smallest absolute Gasteiger partial charge is 0.115 e. The van der Waals surface area contributed by atoms with E-state index in [0.29, 0.717) is 5.69 Å². The fraction of sp³-hybridized carbons (Fsp3) is 0.125. The molecule has 3 rings (SSSR count). The highest BCUT2D eigenvalue weighted by molar-refractivity contribution is 5.71. The minimum absolute atomic E-state index is 0.685. The van der Waals surface area contributed by atoms with Crippen LogP contribution in [-0.2, 0) is 6.54 Å². The molecule has 4 heteroatoms. The molecular formula is C16H16N4. The van der Waals surface area contributed by atoms with Crippen molar-refractivity contribution >= 4 is 5.69 Å². The number of benzene rings is 1. The van der Waals surface area contributed by atoms with Gasteiger partial charge in [0.05, 0.1) is 12.2 Å². The summed E-state index contributed by atoms with van der Waals surface area (Å²) < 4.78 is 1.88. The van der Waals surface area contributed by atoms with Crippen molar-refractivity contribution < 1.29 is 0 Å². The molecule has 0 aliphatic rings. The van der Waals surface area contributed by atoms with E-state index in [4.69, 9.17) is 5.73 Å². The summed E-state index contributed by atoms with van der Waals surface area (Å²) in [5, 5.41) is 4.58. The molecule has 0 saturated heterocycles. The van der Waals surface area contributed by atoms with Gasteiger partial charge in [0.25, 0.3) is 0 Å². The first-order valence-corrected chi connectivity index (χ1v) is 6.52. The quantitative estimate of drug-likeness (QED) is 0.791. The Labute approximate surface area is 117 Å². The molecule has 3 aromatic rings. The van der Waals surface area contributed by atoms with E-state index in [-0.39, 0.29) is 0 Å². The van der Waals surface area contributed by atoms with Crippen molar-refractivity contribution in [2.75, 3.05) is 5.73 Å². The molecule has 2 N–H and O–H groups in total. The van der Waals surface area contributed by atoms with Crippen LogP contribution in [0.2, 0.25) is 0 Å². The van der Waals surface area contributed by atoms with Gasteiger partial charge in [-0.3, -0.25) is 9.67 Å². The van der Waals surface area contributed by atoms with Gasteiger partial charge in [-0.2, -0.15) is 5.10 Å². The highest BCUT2D eigenvalue weighted by atomic mass is 15.3. The maximum atomic E-state index is 6.06. The lowest BCUT2D eigenvalue weighted by molar-refractivity contribution is 0.686. The van der Waals surface area contributed by atoms with Crippen LogP contribution in [0.3, 0.4) is 0 Å². The third kappa shape index (κ3) is 2.40. The Bertz CT molecular complexity index is 716. The standard InChI is InChI=1S/C16H16N4/c1-12-4-2-3-5-14(12)10-20-11-15(17)16(19-20)13-6-8-18-9-7-13/h2-9,11H,10,17H2,1H3. The summed E-state index contributed by atoms with van der Waals surface area (Å²) in [4.78, 5) is 4.01. The lowest BCUT2D eigenvalue weighted by Gasteiger charge is -2.05. The fourth-order valence-corrected chi connectivity index (χ4v) is 2.21. The Hall–Kier alpha value is -2.62. The molecule has 0 bridgehead atoms. The Balaban J connectivity index is 1.92. The molecule has 0 fully saturated rings. The molecule has 0 unspecified atom stereocenters. The van der Waals surface area contributed by atoms with E-state index >= 15 is 0 Å². The van der Waals surface area contributed by atoms with Gasteiger partial charge < -0.3 is 5.73 Å². The molecule has 0 aliphatic carbocycles. The molecule has 2 heterocycles. The second-order valence-electron chi connectivity index (χ2n) is 4.79. The van der Waals surface area contributed by atoms with Crippen molar-refractivity contribution in [3.8, 4) is 11.3 Å². The van der Waals surface area contributed by atoms with E-state index in [1.165, 1.54) is 11.1 Å². The second-order valence-corrected chi connectivity index (χ2v) is 4.79. The van der Waals surface area contributed by atoms with Crippen LogP contribution in [0.1, 0.15) is 11.1 Å². The van der Waals surface area contributed by atoms with Crippen LogP contribution in [0.5, 0.6) is 0 Å². The van der Waals surface area contributed by atoms with Crippen molar-refractivity contribution in [2.45, 2.75) is 13.5 Å². The number of aromatic nitrogens is 3. The highest BCUT2D eigenvalue weighted by Gasteiger charge is 2.09. The number of pyridine rings is 1. The number of nitrogen functional groups attached to an aromatic ring is 1. The predicted molar refractivity (Wildman–Crippen MR) is 80.2 cm³/mol. The fourth-order valence-electron chi connectivity index (χ4n) is 2.21. The first-order chi connectivity index (χ1) is 9.74. The predicted octanol–water partition coefficient (Wildman–Crippen LogP) is 2.88. The van der Waals surface area contributed by atoms with Crippen molar-refractivity contribution in [3.63, 3.8) is 0 Å². The molecular weight excluding hydrogens is 248 g/mol.